The molecule has 3 rings (SSSR count). The molecule has 1 aliphatic heterocycles. The summed E-state index contributed by atoms with van der Waals surface area (Å²) in [5.74, 6) is 0.0623. The van der Waals surface area contributed by atoms with Gasteiger partial charge in [0.2, 0.25) is 11.8 Å². The van der Waals surface area contributed by atoms with Crippen LogP contribution in [0.3, 0.4) is 0 Å². The number of ether oxygens (including phenoxy) is 1. The third-order valence-corrected chi connectivity index (χ3v) is 4.57. The molecule has 2 N–H and O–H groups in total. The molecule has 128 valence electrons. The molecule has 24 heavy (non-hydrogen) atoms. The molecule has 2 heterocycles. The predicted octanol–water partition coefficient (Wildman–Crippen LogP) is 1.83. The molecular formula is C16H19BrN4O3. The van der Waals surface area contributed by atoms with Gasteiger partial charge in [0.1, 0.15) is 0 Å². The van der Waals surface area contributed by atoms with Crippen molar-refractivity contribution in [2.75, 3.05) is 31.7 Å². The number of hydrogen-bond acceptors (Lipinski definition) is 4. The Balaban J connectivity index is 1.69. The van der Waals surface area contributed by atoms with Gasteiger partial charge >= 0.3 is 0 Å². The number of anilines is 1. The Hall–Kier alpha value is -1.93. The van der Waals surface area contributed by atoms with E-state index in [1.165, 1.54) is 0 Å². The number of carbonyl (C=O) groups excluding carboxylic acids is 2. The summed E-state index contributed by atoms with van der Waals surface area (Å²) < 4.78 is 5.89. The molecule has 1 aromatic carbocycles. The van der Waals surface area contributed by atoms with Crippen molar-refractivity contribution in [1.29, 1.82) is 0 Å². The lowest BCUT2D eigenvalue weighted by Gasteiger charge is -2.14. The van der Waals surface area contributed by atoms with E-state index in [1.807, 2.05) is 18.2 Å². The molecule has 1 aliphatic rings. The molecule has 2 amide bonds. The number of methoxy groups -OCH3 is 1. The Kier molecular flexibility index (Phi) is 5.15. The second kappa shape index (κ2) is 7.31. The molecule has 7 nitrogen and oxygen atoms in total. The largest absolute Gasteiger partial charge is 0.385 e. The van der Waals surface area contributed by atoms with Gasteiger partial charge in [0.25, 0.3) is 0 Å². The van der Waals surface area contributed by atoms with E-state index < -0.39 is 0 Å². The molecule has 0 saturated carbocycles. The zero-order valence-corrected chi connectivity index (χ0v) is 14.9. The maximum Gasteiger partial charge on any atom is 0.229 e. The van der Waals surface area contributed by atoms with Gasteiger partial charge in [0.05, 0.1) is 11.4 Å². The fourth-order valence-electron chi connectivity index (χ4n) is 2.84. The summed E-state index contributed by atoms with van der Waals surface area (Å²) in [6.45, 7) is 1.51. The number of fused-ring (bicyclic) bond motifs is 1. The van der Waals surface area contributed by atoms with Gasteiger partial charge in [-0.3, -0.25) is 19.6 Å². The number of H-pyrrole nitrogens is 1. The normalized spacial score (nSPS) is 17.7. The van der Waals surface area contributed by atoms with Crippen LogP contribution in [0.4, 0.5) is 5.82 Å². The summed E-state index contributed by atoms with van der Waals surface area (Å²) >= 11 is 3.41. The average Bonchev–Trinajstić information content (AvgIpc) is 3.14. The zero-order chi connectivity index (χ0) is 17.1. The molecule has 0 bridgehead atoms. The summed E-state index contributed by atoms with van der Waals surface area (Å²) in [5.41, 5.74) is 0.847. The molecule has 1 saturated heterocycles. The van der Waals surface area contributed by atoms with E-state index in [-0.39, 0.29) is 24.2 Å². The lowest BCUT2D eigenvalue weighted by molar-refractivity contribution is -0.126. The molecule has 8 heteroatoms. The Labute approximate surface area is 147 Å². The smallest absolute Gasteiger partial charge is 0.229 e. The minimum atomic E-state index is -0.345. The summed E-state index contributed by atoms with van der Waals surface area (Å²) in [7, 11) is 1.63. The Morgan fingerprint density at radius 2 is 2.38 bits per heavy atom. The van der Waals surface area contributed by atoms with Gasteiger partial charge in [0.15, 0.2) is 5.82 Å². The van der Waals surface area contributed by atoms with E-state index in [1.54, 1.807) is 12.0 Å². The average molecular weight is 395 g/mol. The number of rotatable bonds is 6. The van der Waals surface area contributed by atoms with Crippen LogP contribution >= 0.6 is 15.9 Å². The van der Waals surface area contributed by atoms with Crippen LogP contribution in [0.15, 0.2) is 22.7 Å². The highest BCUT2D eigenvalue weighted by atomic mass is 79.9. The minimum Gasteiger partial charge on any atom is -0.385 e. The summed E-state index contributed by atoms with van der Waals surface area (Å²) in [6, 6.07) is 5.72. The van der Waals surface area contributed by atoms with Crippen molar-refractivity contribution >= 4 is 44.5 Å². The second-order valence-electron chi connectivity index (χ2n) is 5.78. The standard InChI is InChI=1S/C16H19BrN4O3/c1-24-6-2-5-18-16(23)10-7-14(22)21(9-10)15-12-4-3-11(17)8-13(12)19-20-15/h3-4,8,10H,2,5-7,9H2,1H3,(H,18,23)(H,19,20). The van der Waals surface area contributed by atoms with Gasteiger partial charge in [-0.05, 0) is 24.6 Å². The molecule has 0 spiro atoms. The van der Waals surface area contributed by atoms with Gasteiger partial charge in [-0.15, -0.1) is 0 Å². The number of nitrogens with one attached hydrogen (secondary N) is 2. The van der Waals surface area contributed by atoms with Crippen molar-refractivity contribution < 1.29 is 14.3 Å². The molecule has 1 aromatic heterocycles. The Bertz CT molecular complexity index is 761. The fraction of sp³-hybridized carbons (Fsp3) is 0.438. The summed E-state index contributed by atoms with van der Waals surface area (Å²) in [4.78, 5) is 26.1. The monoisotopic (exact) mass is 394 g/mol. The molecule has 0 radical (unpaired) electrons. The lowest BCUT2D eigenvalue weighted by atomic mass is 10.1. The molecule has 1 atom stereocenters. The third-order valence-electron chi connectivity index (χ3n) is 4.08. The first kappa shape index (κ1) is 16.9. The van der Waals surface area contributed by atoms with Crippen LogP contribution in [-0.4, -0.2) is 48.8 Å². The minimum absolute atomic E-state index is 0.0802. The number of aromatic amines is 1. The SMILES string of the molecule is COCCCNC(=O)C1CC(=O)N(c2n[nH]c3cc(Br)ccc23)C1. The van der Waals surface area contributed by atoms with E-state index in [9.17, 15) is 9.59 Å². The van der Waals surface area contributed by atoms with E-state index in [2.05, 4.69) is 31.4 Å². The molecule has 1 fully saturated rings. The quantitative estimate of drug-likeness (QED) is 0.731. The van der Waals surface area contributed by atoms with Crippen molar-refractivity contribution in [1.82, 2.24) is 15.5 Å². The van der Waals surface area contributed by atoms with Crippen LogP contribution in [0.2, 0.25) is 0 Å². The van der Waals surface area contributed by atoms with Crippen molar-refractivity contribution in [2.24, 2.45) is 5.92 Å². The Morgan fingerprint density at radius 1 is 1.54 bits per heavy atom. The number of hydrogen-bond donors (Lipinski definition) is 2. The first-order valence-electron chi connectivity index (χ1n) is 7.81. The molecular weight excluding hydrogens is 376 g/mol. The number of carbonyl (C=O) groups is 2. The van der Waals surface area contributed by atoms with E-state index in [4.69, 9.17) is 4.74 Å². The fourth-order valence-corrected chi connectivity index (χ4v) is 3.20. The first-order chi connectivity index (χ1) is 11.6. The maximum atomic E-state index is 12.3. The van der Waals surface area contributed by atoms with Gasteiger partial charge in [-0.25, -0.2) is 0 Å². The number of nitrogens with zero attached hydrogens (tertiary/aromatic N) is 2. The van der Waals surface area contributed by atoms with Gasteiger partial charge < -0.3 is 10.1 Å². The van der Waals surface area contributed by atoms with Gasteiger partial charge in [-0.2, -0.15) is 5.10 Å². The van der Waals surface area contributed by atoms with E-state index >= 15 is 0 Å². The predicted molar refractivity (Wildman–Crippen MR) is 93.8 cm³/mol. The van der Waals surface area contributed by atoms with E-state index in [0.717, 1.165) is 21.8 Å². The van der Waals surface area contributed by atoms with Crippen LogP contribution in [0.25, 0.3) is 10.9 Å². The summed E-state index contributed by atoms with van der Waals surface area (Å²) in [6.07, 6.45) is 0.965. The van der Waals surface area contributed by atoms with Crippen molar-refractivity contribution in [3.05, 3.63) is 22.7 Å². The van der Waals surface area contributed by atoms with Crippen LogP contribution in [-0.2, 0) is 14.3 Å². The number of benzene rings is 1. The highest BCUT2D eigenvalue weighted by molar-refractivity contribution is 9.10. The second-order valence-corrected chi connectivity index (χ2v) is 6.70. The third kappa shape index (κ3) is 3.44. The van der Waals surface area contributed by atoms with Crippen molar-refractivity contribution in [2.45, 2.75) is 12.8 Å². The van der Waals surface area contributed by atoms with Crippen molar-refractivity contribution in [3.8, 4) is 0 Å². The van der Waals surface area contributed by atoms with Crippen LogP contribution < -0.4 is 10.2 Å². The number of amides is 2. The van der Waals surface area contributed by atoms with Crippen LogP contribution in [0.5, 0.6) is 0 Å². The number of aromatic nitrogens is 2. The molecule has 1 unspecified atom stereocenters. The van der Waals surface area contributed by atoms with Gasteiger partial charge in [-0.1, -0.05) is 15.9 Å². The first-order valence-corrected chi connectivity index (χ1v) is 8.60. The topological polar surface area (TPSA) is 87.3 Å². The van der Waals surface area contributed by atoms with Crippen LogP contribution in [0, 0.1) is 5.92 Å². The van der Waals surface area contributed by atoms with Gasteiger partial charge in [0, 0.05) is 43.1 Å². The Morgan fingerprint density at radius 3 is 3.17 bits per heavy atom. The highest BCUT2D eigenvalue weighted by Crippen LogP contribution is 2.31. The summed E-state index contributed by atoms with van der Waals surface area (Å²) in [5, 5.41) is 10.9. The molecule has 2 aromatic rings. The lowest BCUT2D eigenvalue weighted by Crippen LogP contribution is -2.34. The maximum absolute atomic E-state index is 12.3. The van der Waals surface area contributed by atoms with E-state index in [0.29, 0.717) is 25.5 Å². The highest BCUT2D eigenvalue weighted by Gasteiger charge is 2.36. The zero-order valence-electron chi connectivity index (χ0n) is 13.3. The number of halogens is 1. The molecule has 0 aliphatic carbocycles. The van der Waals surface area contributed by atoms with Crippen molar-refractivity contribution in [3.63, 3.8) is 0 Å². The van der Waals surface area contributed by atoms with Crippen LogP contribution in [0.1, 0.15) is 12.8 Å².